The number of aromatic carboxylic acids is 1. The van der Waals surface area contributed by atoms with Gasteiger partial charge in [-0.25, -0.2) is 14.8 Å². The van der Waals surface area contributed by atoms with E-state index in [0.717, 1.165) is 0 Å². The highest BCUT2D eigenvalue weighted by Gasteiger charge is 2.16. The maximum Gasteiger partial charge on any atom is 0.338 e. The van der Waals surface area contributed by atoms with Gasteiger partial charge in [0.2, 0.25) is 5.95 Å². The third-order valence-electron chi connectivity index (χ3n) is 2.78. The minimum Gasteiger partial charge on any atom is -0.478 e. The number of hydrogen-bond acceptors (Lipinski definition) is 4. The molecule has 1 rings (SSSR count). The van der Waals surface area contributed by atoms with Crippen molar-refractivity contribution in [1.82, 2.24) is 9.97 Å². The van der Waals surface area contributed by atoms with Crippen molar-refractivity contribution < 1.29 is 9.90 Å². The van der Waals surface area contributed by atoms with Crippen molar-refractivity contribution in [1.29, 1.82) is 0 Å². The number of nitrogens with zero attached hydrogens (tertiary/aromatic N) is 3. The van der Waals surface area contributed by atoms with Crippen molar-refractivity contribution in [3.05, 3.63) is 18.0 Å². The first-order valence-electron chi connectivity index (χ1n) is 5.21. The van der Waals surface area contributed by atoms with Gasteiger partial charge in [-0.1, -0.05) is 13.8 Å². The van der Waals surface area contributed by atoms with Gasteiger partial charge in [-0.05, 0) is 12.8 Å². The fourth-order valence-corrected chi connectivity index (χ4v) is 1.24. The lowest BCUT2D eigenvalue weighted by molar-refractivity contribution is 0.0696. The minimum atomic E-state index is -1.01. The van der Waals surface area contributed by atoms with Crippen molar-refractivity contribution in [3.63, 3.8) is 0 Å². The van der Waals surface area contributed by atoms with E-state index in [1.807, 2.05) is 11.9 Å². The van der Waals surface area contributed by atoms with Crippen LogP contribution in [0.3, 0.4) is 0 Å². The molecule has 0 bridgehead atoms. The SMILES string of the molecule is CC(C)C(C)N(C)c1ncc(C(=O)O)cn1. The Morgan fingerprint density at radius 2 is 1.81 bits per heavy atom. The van der Waals surface area contributed by atoms with E-state index < -0.39 is 5.97 Å². The van der Waals surface area contributed by atoms with Gasteiger partial charge in [-0.15, -0.1) is 0 Å². The van der Waals surface area contributed by atoms with Crippen LogP contribution in [-0.2, 0) is 0 Å². The average molecular weight is 223 g/mol. The van der Waals surface area contributed by atoms with Crippen molar-refractivity contribution in [3.8, 4) is 0 Å². The first kappa shape index (κ1) is 12.4. The summed E-state index contributed by atoms with van der Waals surface area (Å²) in [5.74, 6) is 0.0186. The molecule has 0 aliphatic carbocycles. The molecule has 1 unspecified atom stereocenters. The number of carboxylic acid groups (broad SMARTS) is 1. The van der Waals surface area contributed by atoms with Crippen molar-refractivity contribution in [2.45, 2.75) is 26.8 Å². The van der Waals surface area contributed by atoms with E-state index >= 15 is 0 Å². The quantitative estimate of drug-likeness (QED) is 0.840. The Kier molecular flexibility index (Phi) is 3.82. The summed E-state index contributed by atoms with van der Waals surface area (Å²) in [6.45, 7) is 6.32. The average Bonchev–Trinajstić information content (AvgIpc) is 2.27. The maximum absolute atomic E-state index is 10.6. The molecule has 0 saturated carbocycles. The van der Waals surface area contributed by atoms with Crippen molar-refractivity contribution >= 4 is 11.9 Å². The third-order valence-corrected chi connectivity index (χ3v) is 2.78. The Labute approximate surface area is 95.1 Å². The molecule has 5 nitrogen and oxygen atoms in total. The number of anilines is 1. The van der Waals surface area contributed by atoms with E-state index in [1.54, 1.807) is 0 Å². The van der Waals surface area contributed by atoms with Gasteiger partial charge in [0.05, 0.1) is 5.56 Å². The van der Waals surface area contributed by atoms with Crippen LogP contribution in [0.25, 0.3) is 0 Å². The van der Waals surface area contributed by atoms with E-state index in [2.05, 4.69) is 30.7 Å². The van der Waals surface area contributed by atoms with Gasteiger partial charge >= 0.3 is 5.97 Å². The molecule has 1 heterocycles. The second-order valence-corrected chi connectivity index (χ2v) is 4.17. The van der Waals surface area contributed by atoms with Crippen LogP contribution in [-0.4, -0.2) is 34.1 Å². The Balaban J connectivity index is 2.85. The molecule has 1 aromatic heterocycles. The van der Waals surface area contributed by atoms with Crippen LogP contribution in [0.4, 0.5) is 5.95 Å². The molecule has 5 heteroatoms. The third kappa shape index (κ3) is 2.68. The molecule has 0 aromatic carbocycles. The van der Waals surface area contributed by atoms with E-state index in [-0.39, 0.29) is 5.56 Å². The van der Waals surface area contributed by atoms with Gasteiger partial charge < -0.3 is 10.0 Å². The molecule has 0 aliphatic heterocycles. The van der Waals surface area contributed by atoms with E-state index in [0.29, 0.717) is 17.9 Å². The monoisotopic (exact) mass is 223 g/mol. The second kappa shape index (κ2) is 4.92. The summed E-state index contributed by atoms with van der Waals surface area (Å²) in [4.78, 5) is 20.6. The van der Waals surface area contributed by atoms with Crippen LogP contribution in [0.15, 0.2) is 12.4 Å². The van der Waals surface area contributed by atoms with Crippen LogP contribution in [0.1, 0.15) is 31.1 Å². The van der Waals surface area contributed by atoms with E-state index in [9.17, 15) is 4.79 Å². The second-order valence-electron chi connectivity index (χ2n) is 4.17. The minimum absolute atomic E-state index is 0.106. The molecule has 1 aromatic rings. The Bertz CT molecular complexity index is 362. The summed E-state index contributed by atoms with van der Waals surface area (Å²) in [5, 5.41) is 8.72. The Hall–Kier alpha value is -1.65. The summed E-state index contributed by atoms with van der Waals surface area (Å²) in [6.07, 6.45) is 2.66. The molecule has 1 N–H and O–H groups in total. The van der Waals surface area contributed by atoms with Gasteiger partial charge in [-0.3, -0.25) is 0 Å². The van der Waals surface area contributed by atoms with Crippen LogP contribution >= 0.6 is 0 Å². The zero-order valence-corrected chi connectivity index (χ0v) is 10.0. The van der Waals surface area contributed by atoms with Gasteiger partial charge in [-0.2, -0.15) is 0 Å². The van der Waals surface area contributed by atoms with Gasteiger partial charge in [0, 0.05) is 25.5 Å². The highest BCUT2D eigenvalue weighted by molar-refractivity contribution is 5.86. The molecule has 0 fully saturated rings. The molecule has 0 radical (unpaired) electrons. The first-order valence-corrected chi connectivity index (χ1v) is 5.21. The summed E-state index contributed by atoms with van der Waals surface area (Å²) in [7, 11) is 1.90. The molecule has 16 heavy (non-hydrogen) atoms. The van der Waals surface area contributed by atoms with Gasteiger partial charge in [0.25, 0.3) is 0 Å². The van der Waals surface area contributed by atoms with Crippen LogP contribution in [0.5, 0.6) is 0 Å². The summed E-state index contributed by atoms with van der Waals surface area (Å²) < 4.78 is 0. The van der Waals surface area contributed by atoms with Crippen LogP contribution in [0.2, 0.25) is 0 Å². The smallest absolute Gasteiger partial charge is 0.338 e. The van der Waals surface area contributed by atoms with Gasteiger partial charge in [0.15, 0.2) is 0 Å². The summed E-state index contributed by atoms with van der Waals surface area (Å²) in [5.41, 5.74) is 0.106. The Morgan fingerprint density at radius 1 is 1.31 bits per heavy atom. The molecular formula is C11H17N3O2. The number of rotatable bonds is 4. The predicted octanol–water partition coefficient (Wildman–Crippen LogP) is 1.66. The van der Waals surface area contributed by atoms with Crippen molar-refractivity contribution in [2.75, 3.05) is 11.9 Å². The Morgan fingerprint density at radius 3 is 2.19 bits per heavy atom. The van der Waals surface area contributed by atoms with Crippen LogP contribution in [0, 0.1) is 5.92 Å². The lowest BCUT2D eigenvalue weighted by Gasteiger charge is -2.27. The maximum atomic E-state index is 10.6. The molecule has 88 valence electrons. The zero-order chi connectivity index (χ0) is 12.3. The molecule has 1 atom stereocenters. The number of carbonyl (C=O) groups is 1. The van der Waals surface area contributed by atoms with E-state index in [4.69, 9.17) is 5.11 Å². The fourth-order valence-electron chi connectivity index (χ4n) is 1.24. The number of aromatic nitrogens is 2. The molecule has 0 aliphatic rings. The fraction of sp³-hybridized carbons (Fsp3) is 0.545. The lowest BCUT2D eigenvalue weighted by Crippen LogP contribution is -2.34. The van der Waals surface area contributed by atoms with Gasteiger partial charge in [0.1, 0.15) is 0 Å². The van der Waals surface area contributed by atoms with Crippen LogP contribution < -0.4 is 4.90 Å². The number of carboxylic acids is 1. The normalized spacial score (nSPS) is 12.6. The lowest BCUT2D eigenvalue weighted by atomic mass is 10.1. The molecule has 0 spiro atoms. The highest BCUT2D eigenvalue weighted by atomic mass is 16.4. The molecular weight excluding hydrogens is 206 g/mol. The van der Waals surface area contributed by atoms with Crippen molar-refractivity contribution in [2.24, 2.45) is 5.92 Å². The molecule has 0 amide bonds. The highest BCUT2D eigenvalue weighted by Crippen LogP contribution is 2.14. The topological polar surface area (TPSA) is 66.3 Å². The predicted molar refractivity (Wildman–Crippen MR) is 61.7 cm³/mol. The molecule has 0 saturated heterocycles. The summed E-state index contributed by atoms with van der Waals surface area (Å²) in [6, 6.07) is 0.302. The van der Waals surface area contributed by atoms with E-state index in [1.165, 1.54) is 12.4 Å². The summed E-state index contributed by atoms with van der Waals surface area (Å²) >= 11 is 0. The first-order chi connectivity index (χ1) is 7.43. The number of hydrogen-bond donors (Lipinski definition) is 1. The largest absolute Gasteiger partial charge is 0.478 e. The standard InChI is InChI=1S/C11H17N3O2/c1-7(2)8(3)14(4)11-12-5-9(6-13-11)10(15)16/h5-8H,1-4H3,(H,15,16). The zero-order valence-electron chi connectivity index (χ0n) is 10.0.